The van der Waals surface area contributed by atoms with Gasteiger partial charge in [0.2, 0.25) is 5.28 Å². The van der Waals surface area contributed by atoms with Crippen LogP contribution in [0.5, 0.6) is 0 Å². The molecule has 0 N–H and O–H groups in total. The molecule has 28 heavy (non-hydrogen) atoms. The Morgan fingerprint density at radius 2 is 2.18 bits per heavy atom. The number of amides is 1. The Morgan fingerprint density at radius 3 is 2.86 bits per heavy atom. The first-order chi connectivity index (χ1) is 13.2. The minimum atomic E-state index is -0.598. The van der Waals surface area contributed by atoms with Gasteiger partial charge < -0.3 is 14.5 Å². The summed E-state index contributed by atoms with van der Waals surface area (Å²) in [6.45, 7) is 6.80. The Morgan fingerprint density at radius 1 is 1.43 bits per heavy atom. The molecule has 1 aliphatic rings. The molecule has 0 spiro atoms. The van der Waals surface area contributed by atoms with E-state index in [1.165, 1.54) is 0 Å². The maximum atomic E-state index is 12.6. The number of aromatic nitrogens is 3. The van der Waals surface area contributed by atoms with Crippen LogP contribution < -0.4 is 4.90 Å². The molecule has 2 aromatic heterocycles. The number of carbonyl (C=O) groups is 1. The van der Waals surface area contributed by atoms with Gasteiger partial charge in [-0.05, 0) is 54.4 Å². The lowest BCUT2D eigenvalue weighted by atomic mass is 10.1. The van der Waals surface area contributed by atoms with Crippen LogP contribution in [0.1, 0.15) is 27.2 Å². The van der Waals surface area contributed by atoms with Gasteiger partial charge in [-0.2, -0.15) is 10.2 Å². The third-order valence-electron chi connectivity index (χ3n) is 4.19. The van der Waals surface area contributed by atoms with Crippen molar-refractivity contribution in [3.63, 3.8) is 0 Å². The van der Waals surface area contributed by atoms with Crippen molar-refractivity contribution in [2.75, 3.05) is 24.5 Å². The second-order valence-electron chi connectivity index (χ2n) is 7.47. The van der Waals surface area contributed by atoms with Crippen LogP contribution in [0.15, 0.2) is 16.7 Å². The molecule has 0 aliphatic carbocycles. The number of hydrogen-bond donors (Lipinski definition) is 0. The maximum absolute atomic E-state index is 12.6. The Labute approximate surface area is 176 Å². The first-order valence-electron chi connectivity index (χ1n) is 8.78. The molecule has 1 saturated heterocycles. The number of nitrogens with zero attached hydrogens (tertiary/aromatic N) is 6. The smallest absolute Gasteiger partial charge is 0.410 e. The first-order valence-corrected chi connectivity index (χ1v) is 9.95. The number of halogens is 2. The van der Waals surface area contributed by atoms with E-state index in [9.17, 15) is 10.1 Å². The molecule has 148 valence electrons. The number of anilines is 1. The van der Waals surface area contributed by atoms with Gasteiger partial charge in [0.15, 0.2) is 5.82 Å². The highest BCUT2D eigenvalue weighted by Gasteiger charge is 2.34. The van der Waals surface area contributed by atoms with E-state index in [1.807, 2.05) is 31.7 Å². The van der Waals surface area contributed by atoms with Crippen molar-refractivity contribution < 1.29 is 9.53 Å². The van der Waals surface area contributed by atoms with E-state index in [4.69, 9.17) is 16.3 Å². The molecular formula is C18H20BrClN6O2. The van der Waals surface area contributed by atoms with Gasteiger partial charge in [0.25, 0.3) is 0 Å². The van der Waals surface area contributed by atoms with Crippen molar-refractivity contribution in [1.29, 1.82) is 5.26 Å². The van der Waals surface area contributed by atoms with Crippen LogP contribution in [0.2, 0.25) is 5.28 Å². The summed E-state index contributed by atoms with van der Waals surface area (Å²) in [5.41, 5.74) is 0.642. The van der Waals surface area contributed by atoms with Crippen LogP contribution in [0.4, 0.5) is 10.6 Å². The Hall–Kier alpha value is -2.18. The van der Waals surface area contributed by atoms with E-state index in [0.717, 1.165) is 4.47 Å². The third kappa shape index (κ3) is 4.62. The quantitative estimate of drug-likeness (QED) is 0.620. The molecular weight excluding hydrogens is 448 g/mol. The van der Waals surface area contributed by atoms with Gasteiger partial charge in [0.05, 0.1) is 24.0 Å². The first kappa shape index (κ1) is 20.6. The number of nitriles is 1. The molecule has 1 amide bonds. The minimum absolute atomic E-state index is 0.119. The summed E-state index contributed by atoms with van der Waals surface area (Å²) in [6.07, 6.45) is 1.44. The summed E-state index contributed by atoms with van der Waals surface area (Å²) >= 11 is 9.50. The number of carbonyl (C=O) groups excluding carboxylic acids is 1. The fraction of sp³-hybridized carbons (Fsp3) is 0.500. The van der Waals surface area contributed by atoms with Crippen LogP contribution in [-0.4, -0.2) is 57.2 Å². The van der Waals surface area contributed by atoms with E-state index in [1.54, 1.807) is 11.1 Å². The maximum Gasteiger partial charge on any atom is 0.410 e. The van der Waals surface area contributed by atoms with E-state index in [-0.39, 0.29) is 17.7 Å². The van der Waals surface area contributed by atoms with Crippen molar-refractivity contribution in [2.45, 2.75) is 38.8 Å². The zero-order valence-electron chi connectivity index (χ0n) is 15.8. The fourth-order valence-corrected chi connectivity index (χ4v) is 3.55. The standard InChI is InChI=1S/C18H20BrClN6O2/c1-18(2,3)28-17(27)26-7-6-25(10-12(26)4-5-21)15-14-13(23-16(20)24-15)8-11(19)9-22-14/h8-9,12H,4,6-7,10H2,1-3H3/t12-/m0/s1. The van der Waals surface area contributed by atoms with Gasteiger partial charge in [-0.1, -0.05) is 0 Å². The summed E-state index contributed by atoms with van der Waals surface area (Å²) < 4.78 is 6.28. The number of ether oxygens (including phenoxy) is 1. The molecule has 1 fully saturated rings. The minimum Gasteiger partial charge on any atom is -0.444 e. The lowest BCUT2D eigenvalue weighted by Gasteiger charge is -2.41. The van der Waals surface area contributed by atoms with Crippen molar-refractivity contribution in [1.82, 2.24) is 19.9 Å². The topological polar surface area (TPSA) is 95.2 Å². The van der Waals surface area contributed by atoms with E-state index >= 15 is 0 Å². The predicted molar refractivity (Wildman–Crippen MR) is 109 cm³/mol. The highest BCUT2D eigenvalue weighted by Crippen LogP contribution is 2.28. The Kier molecular flexibility index (Phi) is 5.91. The molecule has 1 aliphatic heterocycles. The number of fused-ring (bicyclic) bond motifs is 1. The normalized spacial score (nSPS) is 17.5. The average Bonchev–Trinajstić information content (AvgIpc) is 2.59. The second kappa shape index (κ2) is 8.05. The molecule has 1 atom stereocenters. The van der Waals surface area contributed by atoms with Gasteiger partial charge in [0.1, 0.15) is 11.1 Å². The number of piperazine rings is 1. The molecule has 0 aromatic carbocycles. The molecule has 2 aromatic rings. The largest absolute Gasteiger partial charge is 0.444 e. The molecule has 3 rings (SSSR count). The van der Waals surface area contributed by atoms with Crippen LogP contribution in [0.3, 0.4) is 0 Å². The number of rotatable bonds is 2. The average molecular weight is 468 g/mol. The molecule has 8 nitrogen and oxygen atoms in total. The lowest BCUT2D eigenvalue weighted by Crippen LogP contribution is -2.56. The summed E-state index contributed by atoms with van der Waals surface area (Å²) in [5.74, 6) is 0.592. The molecule has 10 heteroatoms. The summed E-state index contributed by atoms with van der Waals surface area (Å²) in [6, 6.07) is 3.65. The van der Waals surface area contributed by atoms with E-state index in [0.29, 0.717) is 36.5 Å². The monoisotopic (exact) mass is 466 g/mol. The van der Waals surface area contributed by atoms with Crippen LogP contribution in [-0.2, 0) is 4.74 Å². The van der Waals surface area contributed by atoms with Crippen molar-refractivity contribution in [3.8, 4) is 6.07 Å². The van der Waals surface area contributed by atoms with Crippen molar-refractivity contribution in [3.05, 3.63) is 22.0 Å². The molecule has 3 heterocycles. The van der Waals surface area contributed by atoms with Crippen molar-refractivity contribution in [2.24, 2.45) is 0 Å². The van der Waals surface area contributed by atoms with Gasteiger partial charge in [-0.3, -0.25) is 0 Å². The lowest BCUT2D eigenvalue weighted by molar-refractivity contribution is 0.0145. The number of pyridine rings is 1. The summed E-state index contributed by atoms with van der Waals surface area (Å²) in [5, 5.41) is 9.36. The highest BCUT2D eigenvalue weighted by atomic mass is 79.9. The van der Waals surface area contributed by atoms with Gasteiger partial charge in [-0.25, -0.2) is 14.8 Å². The van der Waals surface area contributed by atoms with Crippen LogP contribution in [0.25, 0.3) is 11.0 Å². The molecule has 0 saturated carbocycles. The molecule has 0 bridgehead atoms. The van der Waals surface area contributed by atoms with Gasteiger partial charge >= 0.3 is 6.09 Å². The van der Waals surface area contributed by atoms with Gasteiger partial charge in [-0.15, -0.1) is 0 Å². The molecule has 0 radical (unpaired) electrons. The van der Waals surface area contributed by atoms with Crippen molar-refractivity contribution >= 4 is 50.5 Å². The summed E-state index contributed by atoms with van der Waals surface area (Å²) in [7, 11) is 0. The van der Waals surface area contributed by atoms with E-state index < -0.39 is 11.7 Å². The Bertz CT molecular complexity index is 937. The predicted octanol–water partition coefficient (Wildman–Crippen LogP) is 3.78. The van der Waals surface area contributed by atoms with Crippen LogP contribution >= 0.6 is 27.5 Å². The Balaban J connectivity index is 1.89. The third-order valence-corrected chi connectivity index (χ3v) is 4.80. The zero-order chi connectivity index (χ0) is 20.5. The highest BCUT2D eigenvalue weighted by molar-refractivity contribution is 9.10. The van der Waals surface area contributed by atoms with Crippen LogP contribution in [0, 0.1) is 11.3 Å². The molecule has 0 unspecified atom stereocenters. The SMILES string of the molecule is CC(C)(C)OC(=O)N1CCN(c2nc(Cl)nc3cc(Br)cnc23)C[C@@H]1CC#N. The van der Waals surface area contributed by atoms with Gasteiger partial charge in [0, 0.05) is 30.3 Å². The second-order valence-corrected chi connectivity index (χ2v) is 8.73. The fourth-order valence-electron chi connectivity index (χ4n) is 3.06. The number of hydrogen-bond acceptors (Lipinski definition) is 7. The summed E-state index contributed by atoms with van der Waals surface area (Å²) in [4.78, 5) is 29.2. The van der Waals surface area contributed by atoms with E-state index in [2.05, 4.69) is 37.0 Å². The zero-order valence-corrected chi connectivity index (χ0v) is 18.2.